The van der Waals surface area contributed by atoms with Crippen LogP contribution in [0.3, 0.4) is 0 Å². The average molecular weight is 404 g/mol. The summed E-state index contributed by atoms with van der Waals surface area (Å²) >= 11 is 0. The molecule has 0 saturated heterocycles. The van der Waals surface area contributed by atoms with E-state index in [1.54, 1.807) is 12.1 Å². The SMILES string of the molecule is CCCCCc1ccc2cc(-c3ccc(-c4ccc(F)c(F)c4)c(F)c3)ccc2c1. The molecule has 0 bridgehead atoms. The molecule has 4 rings (SSSR count). The van der Waals surface area contributed by atoms with Crippen molar-refractivity contribution in [3.63, 3.8) is 0 Å². The number of hydrogen-bond acceptors (Lipinski definition) is 0. The molecule has 0 unspecified atom stereocenters. The number of fused-ring (bicyclic) bond motifs is 1. The van der Waals surface area contributed by atoms with Gasteiger partial charge in [-0.05, 0) is 70.1 Å². The van der Waals surface area contributed by atoms with Gasteiger partial charge in [0.1, 0.15) is 5.82 Å². The number of rotatable bonds is 6. The predicted octanol–water partition coefficient (Wildman–Crippen LogP) is 8.32. The van der Waals surface area contributed by atoms with E-state index in [1.165, 1.54) is 42.3 Å². The van der Waals surface area contributed by atoms with Crippen molar-refractivity contribution in [1.29, 1.82) is 0 Å². The maximum absolute atomic E-state index is 14.8. The van der Waals surface area contributed by atoms with Crippen molar-refractivity contribution in [3.8, 4) is 22.3 Å². The average Bonchev–Trinajstić information content (AvgIpc) is 2.75. The Morgan fingerprint density at radius 1 is 0.567 bits per heavy atom. The van der Waals surface area contributed by atoms with Crippen LogP contribution in [0.5, 0.6) is 0 Å². The fourth-order valence-corrected chi connectivity index (χ4v) is 3.80. The zero-order valence-corrected chi connectivity index (χ0v) is 16.9. The second-order valence-corrected chi connectivity index (χ2v) is 7.68. The zero-order valence-electron chi connectivity index (χ0n) is 16.9. The van der Waals surface area contributed by atoms with Crippen LogP contribution in [0.2, 0.25) is 0 Å². The van der Waals surface area contributed by atoms with E-state index in [9.17, 15) is 13.2 Å². The van der Waals surface area contributed by atoms with Gasteiger partial charge >= 0.3 is 0 Å². The smallest absolute Gasteiger partial charge is 0.159 e. The zero-order chi connectivity index (χ0) is 21.1. The Balaban J connectivity index is 1.62. The molecule has 0 N–H and O–H groups in total. The molecule has 0 fully saturated rings. The number of unbranched alkanes of at least 4 members (excludes halogenated alkanes) is 2. The summed E-state index contributed by atoms with van der Waals surface area (Å²) < 4.78 is 41.4. The molecule has 4 aromatic carbocycles. The van der Waals surface area contributed by atoms with E-state index >= 15 is 0 Å². The van der Waals surface area contributed by atoms with Gasteiger partial charge in [0.25, 0.3) is 0 Å². The molecule has 0 radical (unpaired) electrons. The monoisotopic (exact) mass is 404 g/mol. The summed E-state index contributed by atoms with van der Waals surface area (Å²) in [7, 11) is 0. The molecule has 0 atom stereocenters. The summed E-state index contributed by atoms with van der Waals surface area (Å²) in [6.45, 7) is 2.20. The molecular formula is C27H23F3. The topological polar surface area (TPSA) is 0 Å². The second-order valence-electron chi connectivity index (χ2n) is 7.68. The summed E-state index contributed by atoms with van der Waals surface area (Å²) in [5, 5.41) is 2.28. The maximum atomic E-state index is 14.8. The van der Waals surface area contributed by atoms with Crippen LogP contribution in [-0.4, -0.2) is 0 Å². The molecule has 0 saturated carbocycles. The van der Waals surface area contributed by atoms with E-state index in [4.69, 9.17) is 0 Å². The van der Waals surface area contributed by atoms with E-state index in [0.29, 0.717) is 5.56 Å². The van der Waals surface area contributed by atoms with Crippen LogP contribution in [0.15, 0.2) is 72.8 Å². The molecule has 3 heteroatoms. The summed E-state index contributed by atoms with van der Waals surface area (Å²) in [4.78, 5) is 0. The molecule has 0 heterocycles. The van der Waals surface area contributed by atoms with Crippen LogP contribution in [-0.2, 0) is 6.42 Å². The van der Waals surface area contributed by atoms with Crippen molar-refractivity contribution in [1.82, 2.24) is 0 Å². The third kappa shape index (κ3) is 4.25. The van der Waals surface area contributed by atoms with Crippen molar-refractivity contribution < 1.29 is 13.2 Å². The summed E-state index contributed by atoms with van der Waals surface area (Å²) in [5.41, 5.74) is 3.55. The summed E-state index contributed by atoms with van der Waals surface area (Å²) in [6.07, 6.45) is 4.73. The highest BCUT2D eigenvalue weighted by atomic mass is 19.2. The molecule has 0 aromatic heterocycles. The fourth-order valence-electron chi connectivity index (χ4n) is 3.80. The maximum Gasteiger partial charge on any atom is 0.159 e. The summed E-state index contributed by atoms with van der Waals surface area (Å²) in [5.74, 6) is -2.40. The Kier molecular flexibility index (Phi) is 5.89. The van der Waals surface area contributed by atoms with Gasteiger partial charge in [-0.25, -0.2) is 13.2 Å². The third-order valence-corrected chi connectivity index (χ3v) is 5.51. The lowest BCUT2D eigenvalue weighted by molar-refractivity contribution is 0.509. The Morgan fingerprint density at radius 3 is 2.00 bits per heavy atom. The molecule has 0 aliphatic heterocycles. The Bertz CT molecular complexity index is 1190. The molecule has 152 valence electrons. The quantitative estimate of drug-likeness (QED) is 0.283. The molecule has 30 heavy (non-hydrogen) atoms. The molecule has 0 aliphatic carbocycles. The Hall–Kier alpha value is -3.07. The largest absolute Gasteiger partial charge is 0.206 e. The van der Waals surface area contributed by atoms with Gasteiger partial charge in [-0.15, -0.1) is 0 Å². The minimum absolute atomic E-state index is 0.246. The third-order valence-electron chi connectivity index (χ3n) is 5.51. The van der Waals surface area contributed by atoms with Gasteiger partial charge in [0, 0.05) is 5.56 Å². The van der Waals surface area contributed by atoms with Gasteiger partial charge in [0.2, 0.25) is 0 Å². The normalized spacial score (nSPS) is 11.2. The van der Waals surface area contributed by atoms with Gasteiger partial charge in [-0.2, -0.15) is 0 Å². The lowest BCUT2D eigenvalue weighted by atomic mass is 9.96. The van der Waals surface area contributed by atoms with Crippen molar-refractivity contribution >= 4 is 10.8 Å². The van der Waals surface area contributed by atoms with Crippen LogP contribution in [0, 0.1) is 17.5 Å². The van der Waals surface area contributed by atoms with Crippen molar-refractivity contribution in [2.75, 3.05) is 0 Å². The minimum Gasteiger partial charge on any atom is -0.206 e. The molecule has 0 aliphatic rings. The summed E-state index contributed by atoms with van der Waals surface area (Å²) in [6, 6.07) is 20.9. The van der Waals surface area contributed by atoms with Crippen LogP contribution in [0.4, 0.5) is 13.2 Å². The number of benzene rings is 4. The highest BCUT2D eigenvalue weighted by Crippen LogP contribution is 2.31. The van der Waals surface area contributed by atoms with Crippen molar-refractivity contribution in [3.05, 3.63) is 95.8 Å². The van der Waals surface area contributed by atoms with E-state index in [1.807, 2.05) is 6.07 Å². The first-order valence-electron chi connectivity index (χ1n) is 10.3. The van der Waals surface area contributed by atoms with E-state index in [2.05, 4.69) is 37.3 Å². The molecule has 0 spiro atoms. The van der Waals surface area contributed by atoms with E-state index in [0.717, 1.165) is 35.1 Å². The van der Waals surface area contributed by atoms with Crippen LogP contribution in [0.1, 0.15) is 31.7 Å². The van der Waals surface area contributed by atoms with Crippen molar-refractivity contribution in [2.24, 2.45) is 0 Å². The van der Waals surface area contributed by atoms with Gasteiger partial charge in [0.05, 0.1) is 0 Å². The Labute approximate surface area is 175 Å². The molecule has 4 aromatic rings. The van der Waals surface area contributed by atoms with Gasteiger partial charge < -0.3 is 0 Å². The molecule has 0 nitrogen and oxygen atoms in total. The standard InChI is InChI=1S/C27H23F3/c1-2-3-4-5-18-6-7-20-15-21(9-8-19(20)14-18)22-10-12-24(26(29)16-22)23-11-13-25(28)27(30)17-23/h6-17H,2-5H2,1H3. The number of hydrogen-bond donors (Lipinski definition) is 0. The minimum atomic E-state index is -0.987. The number of halogens is 3. The first kappa shape index (κ1) is 20.2. The van der Waals surface area contributed by atoms with Gasteiger partial charge in [-0.3, -0.25) is 0 Å². The van der Waals surface area contributed by atoms with E-state index < -0.39 is 17.5 Å². The Morgan fingerprint density at radius 2 is 1.23 bits per heavy atom. The second kappa shape index (κ2) is 8.74. The van der Waals surface area contributed by atoms with E-state index in [-0.39, 0.29) is 5.56 Å². The van der Waals surface area contributed by atoms with Gasteiger partial charge in [-0.1, -0.05) is 68.3 Å². The van der Waals surface area contributed by atoms with Crippen LogP contribution in [0.25, 0.3) is 33.0 Å². The molecule has 0 amide bonds. The highest BCUT2D eigenvalue weighted by molar-refractivity contribution is 5.88. The van der Waals surface area contributed by atoms with Gasteiger partial charge in [0.15, 0.2) is 11.6 Å². The first-order chi connectivity index (χ1) is 14.5. The van der Waals surface area contributed by atoms with Crippen molar-refractivity contribution in [2.45, 2.75) is 32.6 Å². The first-order valence-corrected chi connectivity index (χ1v) is 10.3. The molecular weight excluding hydrogens is 381 g/mol. The lowest BCUT2D eigenvalue weighted by Gasteiger charge is -2.09. The number of aryl methyl sites for hydroxylation is 1. The predicted molar refractivity (Wildman–Crippen MR) is 118 cm³/mol. The lowest BCUT2D eigenvalue weighted by Crippen LogP contribution is -1.90. The van der Waals surface area contributed by atoms with Crippen LogP contribution >= 0.6 is 0 Å². The van der Waals surface area contributed by atoms with Crippen LogP contribution < -0.4 is 0 Å². The highest BCUT2D eigenvalue weighted by Gasteiger charge is 2.11. The fraction of sp³-hybridized carbons (Fsp3) is 0.185.